The Labute approximate surface area is 186 Å². The van der Waals surface area contributed by atoms with Gasteiger partial charge in [-0.15, -0.1) is 0 Å². The maximum absolute atomic E-state index is 13.0. The van der Waals surface area contributed by atoms with E-state index in [0.717, 1.165) is 22.0 Å². The quantitative estimate of drug-likeness (QED) is 0.353. The zero-order chi connectivity index (χ0) is 21.6. The third kappa shape index (κ3) is 4.98. The van der Waals surface area contributed by atoms with E-state index in [1.54, 1.807) is 36.4 Å². The monoisotopic (exact) mass is 431 g/mol. The summed E-state index contributed by atoms with van der Waals surface area (Å²) in [4.78, 5) is 13.0. The number of rotatable bonds is 7. The number of carbonyl (C=O) groups excluding carboxylic acids is 1. The number of nitrogens with one attached hydrogen (secondary N) is 1. The first kappa shape index (κ1) is 20.8. The lowest BCUT2D eigenvalue weighted by Crippen LogP contribution is -2.13. The minimum Gasteiger partial charge on any atom is -0.493 e. The van der Waals surface area contributed by atoms with E-state index >= 15 is 0 Å². The van der Waals surface area contributed by atoms with Crippen LogP contribution in [-0.4, -0.2) is 12.5 Å². The summed E-state index contributed by atoms with van der Waals surface area (Å²) in [7, 11) is 0. The van der Waals surface area contributed by atoms with Gasteiger partial charge < -0.3 is 14.8 Å². The molecule has 4 aromatic rings. The van der Waals surface area contributed by atoms with Crippen molar-refractivity contribution in [3.05, 3.63) is 101 Å². The third-order valence-corrected chi connectivity index (χ3v) is 5.12. The van der Waals surface area contributed by atoms with Gasteiger partial charge >= 0.3 is 0 Å². The highest BCUT2D eigenvalue weighted by molar-refractivity contribution is 6.30. The molecule has 4 rings (SSSR count). The molecule has 0 heterocycles. The van der Waals surface area contributed by atoms with Crippen molar-refractivity contribution in [3.63, 3.8) is 0 Å². The van der Waals surface area contributed by atoms with Gasteiger partial charge in [0.25, 0.3) is 5.91 Å². The van der Waals surface area contributed by atoms with Gasteiger partial charge in [0.05, 0.1) is 6.61 Å². The average Bonchev–Trinajstić information content (AvgIpc) is 2.80. The molecule has 0 fully saturated rings. The van der Waals surface area contributed by atoms with Crippen molar-refractivity contribution in [1.82, 2.24) is 0 Å². The second kappa shape index (κ2) is 9.54. The van der Waals surface area contributed by atoms with E-state index in [1.165, 1.54) is 0 Å². The number of hydrogen-bond acceptors (Lipinski definition) is 3. The predicted octanol–water partition coefficient (Wildman–Crippen LogP) is 6.72. The summed E-state index contributed by atoms with van der Waals surface area (Å²) in [6, 6.07) is 26.3. The van der Waals surface area contributed by atoms with Crippen LogP contribution in [0.5, 0.6) is 11.5 Å². The number of anilines is 1. The summed E-state index contributed by atoms with van der Waals surface area (Å²) in [6.45, 7) is 2.72. The van der Waals surface area contributed by atoms with Gasteiger partial charge in [-0.25, -0.2) is 0 Å². The highest BCUT2D eigenvalue weighted by atomic mass is 35.5. The van der Waals surface area contributed by atoms with Crippen LogP contribution in [0.2, 0.25) is 5.02 Å². The molecule has 0 aliphatic rings. The first-order valence-corrected chi connectivity index (χ1v) is 10.4. The molecule has 0 bridgehead atoms. The average molecular weight is 432 g/mol. The van der Waals surface area contributed by atoms with Crippen molar-refractivity contribution in [3.8, 4) is 11.5 Å². The Bertz CT molecular complexity index is 1200. The van der Waals surface area contributed by atoms with Crippen LogP contribution in [-0.2, 0) is 6.61 Å². The number of carbonyl (C=O) groups is 1. The van der Waals surface area contributed by atoms with Crippen molar-refractivity contribution in [2.24, 2.45) is 0 Å². The summed E-state index contributed by atoms with van der Waals surface area (Å²) in [5.74, 6) is 1.20. The van der Waals surface area contributed by atoms with E-state index in [9.17, 15) is 4.79 Å². The van der Waals surface area contributed by atoms with Gasteiger partial charge in [0.2, 0.25) is 0 Å². The Balaban J connectivity index is 1.56. The van der Waals surface area contributed by atoms with Crippen molar-refractivity contribution < 1.29 is 14.3 Å². The third-order valence-electron chi connectivity index (χ3n) is 4.87. The lowest BCUT2D eigenvalue weighted by Gasteiger charge is -2.14. The Kier molecular flexibility index (Phi) is 6.39. The molecule has 0 aliphatic carbocycles. The molecule has 0 unspecified atom stereocenters. The molecule has 0 saturated carbocycles. The van der Waals surface area contributed by atoms with Gasteiger partial charge in [-0.05, 0) is 60.8 Å². The Morgan fingerprint density at radius 1 is 0.903 bits per heavy atom. The van der Waals surface area contributed by atoms with Crippen molar-refractivity contribution in [1.29, 1.82) is 0 Å². The molecule has 31 heavy (non-hydrogen) atoms. The van der Waals surface area contributed by atoms with Gasteiger partial charge in [-0.2, -0.15) is 0 Å². The maximum atomic E-state index is 13.0. The largest absolute Gasteiger partial charge is 0.493 e. The topological polar surface area (TPSA) is 47.6 Å². The molecule has 4 nitrogen and oxygen atoms in total. The maximum Gasteiger partial charge on any atom is 0.255 e. The van der Waals surface area contributed by atoms with Crippen molar-refractivity contribution in [2.75, 3.05) is 11.9 Å². The zero-order valence-electron chi connectivity index (χ0n) is 17.1. The standard InChI is InChI=1S/C26H22ClNO3/c1-2-30-25-15-10-19(16-20(25)17-31-22-13-11-21(27)12-14-22)26(29)28-24-9-5-7-18-6-3-4-8-23(18)24/h3-16H,2,17H2,1H3,(H,28,29). The lowest BCUT2D eigenvalue weighted by atomic mass is 10.1. The number of halogens is 1. The fourth-order valence-electron chi connectivity index (χ4n) is 3.35. The van der Waals surface area contributed by atoms with Gasteiger partial charge in [-0.1, -0.05) is 48.0 Å². The molecule has 1 N–H and O–H groups in total. The van der Waals surface area contributed by atoms with Crippen molar-refractivity contribution >= 4 is 34.0 Å². The molecule has 0 atom stereocenters. The van der Waals surface area contributed by atoms with E-state index in [1.807, 2.05) is 55.5 Å². The summed E-state index contributed by atoms with van der Waals surface area (Å²) < 4.78 is 11.6. The van der Waals surface area contributed by atoms with E-state index < -0.39 is 0 Å². The second-order valence-electron chi connectivity index (χ2n) is 6.98. The van der Waals surface area contributed by atoms with Crippen LogP contribution in [0.25, 0.3) is 10.8 Å². The van der Waals surface area contributed by atoms with Crippen LogP contribution in [0.4, 0.5) is 5.69 Å². The van der Waals surface area contributed by atoms with E-state index in [0.29, 0.717) is 28.7 Å². The van der Waals surface area contributed by atoms with Crippen LogP contribution >= 0.6 is 11.6 Å². The molecule has 0 spiro atoms. The van der Waals surface area contributed by atoms with Gasteiger partial charge in [0.15, 0.2) is 0 Å². The SMILES string of the molecule is CCOc1ccc(C(=O)Nc2cccc3ccccc23)cc1COc1ccc(Cl)cc1. The van der Waals surface area contributed by atoms with E-state index in [-0.39, 0.29) is 12.5 Å². The first-order valence-electron chi connectivity index (χ1n) is 10.1. The lowest BCUT2D eigenvalue weighted by molar-refractivity contribution is 0.102. The zero-order valence-corrected chi connectivity index (χ0v) is 17.9. The molecular formula is C26H22ClNO3. The molecule has 0 radical (unpaired) electrons. The highest BCUT2D eigenvalue weighted by Crippen LogP contribution is 2.26. The normalized spacial score (nSPS) is 10.6. The van der Waals surface area contributed by atoms with Crippen molar-refractivity contribution in [2.45, 2.75) is 13.5 Å². The molecule has 0 aromatic heterocycles. The Hall–Kier alpha value is -3.50. The van der Waals surface area contributed by atoms with Crippen LogP contribution in [0.15, 0.2) is 84.9 Å². The Morgan fingerprint density at radius 2 is 1.68 bits per heavy atom. The van der Waals surface area contributed by atoms with Crippen LogP contribution in [0.1, 0.15) is 22.8 Å². The molecule has 5 heteroatoms. The van der Waals surface area contributed by atoms with Gasteiger partial charge in [-0.3, -0.25) is 4.79 Å². The number of hydrogen-bond donors (Lipinski definition) is 1. The van der Waals surface area contributed by atoms with E-state index in [4.69, 9.17) is 21.1 Å². The molecule has 0 saturated heterocycles. The minimum absolute atomic E-state index is 0.188. The van der Waals surface area contributed by atoms with Crippen LogP contribution in [0.3, 0.4) is 0 Å². The highest BCUT2D eigenvalue weighted by Gasteiger charge is 2.13. The molecule has 156 valence electrons. The number of amides is 1. The summed E-state index contributed by atoms with van der Waals surface area (Å²) >= 11 is 5.93. The van der Waals surface area contributed by atoms with Gasteiger partial charge in [0.1, 0.15) is 18.1 Å². The molecule has 1 amide bonds. The fraction of sp³-hybridized carbons (Fsp3) is 0.115. The van der Waals surface area contributed by atoms with E-state index in [2.05, 4.69) is 5.32 Å². The summed E-state index contributed by atoms with van der Waals surface area (Å²) in [5.41, 5.74) is 2.10. The minimum atomic E-state index is -0.188. The summed E-state index contributed by atoms with van der Waals surface area (Å²) in [5, 5.41) is 5.74. The van der Waals surface area contributed by atoms with Gasteiger partial charge in [0, 0.05) is 27.2 Å². The Morgan fingerprint density at radius 3 is 2.48 bits per heavy atom. The number of fused-ring (bicyclic) bond motifs is 1. The van der Waals surface area contributed by atoms with Crippen LogP contribution in [0, 0.1) is 0 Å². The fourth-order valence-corrected chi connectivity index (χ4v) is 3.48. The second-order valence-corrected chi connectivity index (χ2v) is 7.42. The first-order chi connectivity index (χ1) is 15.1. The smallest absolute Gasteiger partial charge is 0.255 e. The van der Waals surface area contributed by atoms with Crippen LogP contribution < -0.4 is 14.8 Å². The predicted molar refractivity (Wildman–Crippen MR) is 125 cm³/mol. The molecular weight excluding hydrogens is 410 g/mol. The number of benzene rings is 4. The number of ether oxygens (including phenoxy) is 2. The molecule has 4 aromatic carbocycles. The summed E-state index contributed by atoms with van der Waals surface area (Å²) in [6.07, 6.45) is 0. The molecule has 0 aliphatic heterocycles.